The highest BCUT2D eigenvalue weighted by atomic mass is 35.5. The molecule has 0 unspecified atom stereocenters. The standard InChI is InChI=1S/C13H18Cl2N2O2S/c1-8-12(14)6-11(7-13(8)15)20(18,19)17-10-4-2-9(16)3-5-10/h6-7,9-10,17H,2-5,16H2,1H3. The Kier molecular flexibility index (Phi) is 4.97. The Balaban J connectivity index is 2.18. The van der Waals surface area contributed by atoms with Gasteiger partial charge in [0, 0.05) is 22.1 Å². The summed E-state index contributed by atoms with van der Waals surface area (Å²) in [5.41, 5.74) is 6.49. The molecule has 1 aromatic carbocycles. The normalized spacial score (nSPS) is 23.8. The van der Waals surface area contributed by atoms with Gasteiger partial charge >= 0.3 is 0 Å². The quantitative estimate of drug-likeness (QED) is 0.891. The van der Waals surface area contributed by atoms with Gasteiger partial charge in [-0.1, -0.05) is 23.2 Å². The van der Waals surface area contributed by atoms with E-state index in [2.05, 4.69) is 4.72 Å². The van der Waals surface area contributed by atoms with Crippen LogP contribution in [0.1, 0.15) is 31.2 Å². The SMILES string of the molecule is Cc1c(Cl)cc(S(=O)(=O)NC2CCC(N)CC2)cc1Cl. The molecule has 0 radical (unpaired) electrons. The first-order valence-electron chi connectivity index (χ1n) is 6.53. The van der Waals surface area contributed by atoms with Gasteiger partial charge in [-0.15, -0.1) is 0 Å². The molecule has 112 valence electrons. The van der Waals surface area contributed by atoms with Crippen LogP contribution < -0.4 is 10.5 Å². The van der Waals surface area contributed by atoms with Crippen molar-refractivity contribution < 1.29 is 8.42 Å². The van der Waals surface area contributed by atoms with Crippen LogP contribution in [0.5, 0.6) is 0 Å². The maximum absolute atomic E-state index is 12.3. The Bertz CT molecular complexity index is 573. The summed E-state index contributed by atoms with van der Waals surface area (Å²) in [6.07, 6.45) is 3.19. The van der Waals surface area contributed by atoms with Crippen molar-refractivity contribution in [1.29, 1.82) is 0 Å². The van der Waals surface area contributed by atoms with E-state index in [9.17, 15) is 8.42 Å². The van der Waals surface area contributed by atoms with Gasteiger partial charge in [-0.05, 0) is 50.3 Å². The highest BCUT2D eigenvalue weighted by Crippen LogP contribution is 2.28. The summed E-state index contributed by atoms with van der Waals surface area (Å²) in [4.78, 5) is 0.105. The minimum Gasteiger partial charge on any atom is -0.328 e. The summed E-state index contributed by atoms with van der Waals surface area (Å²) in [6.45, 7) is 1.75. The molecule has 1 aromatic rings. The topological polar surface area (TPSA) is 72.2 Å². The molecule has 0 aromatic heterocycles. The molecule has 3 N–H and O–H groups in total. The zero-order valence-electron chi connectivity index (χ0n) is 11.2. The largest absolute Gasteiger partial charge is 0.328 e. The molecule has 0 atom stereocenters. The molecule has 1 fully saturated rings. The summed E-state index contributed by atoms with van der Waals surface area (Å²) in [7, 11) is -3.60. The number of hydrogen-bond donors (Lipinski definition) is 2. The average molecular weight is 337 g/mol. The van der Waals surface area contributed by atoms with Gasteiger partial charge in [0.1, 0.15) is 0 Å². The van der Waals surface area contributed by atoms with Crippen LogP contribution in [0.25, 0.3) is 0 Å². The van der Waals surface area contributed by atoms with Gasteiger partial charge in [0.15, 0.2) is 0 Å². The van der Waals surface area contributed by atoms with E-state index in [4.69, 9.17) is 28.9 Å². The molecule has 0 amide bonds. The van der Waals surface area contributed by atoms with E-state index in [1.165, 1.54) is 12.1 Å². The van der Waals surface area contributed by atoms with Crippen molar-refractivity contribution in [3.8, 4) is 0 Å². The molecule has 0 heterocycles. The van der Waals surface area contributed by atoms with E-state index < -0.39 is 10.0 Å². The Morgan fingerprint density at radius 3 is 2.15 bits per heavy atom. The van der Waals surface area contributed by atoms with Gasteiger partial charge < -0.3 is 5.73 Å². The summed E-state index contributed by atoms with van der Waals surface area (Å²) < 4.78 is 27.4. The van der Waals surface area contributed by atoms with Crippen molar-refractivity contribution in [2.24, 2.45) is 5.73 Å². The lowest BCUT2D eigenvalue weighted by atomic mass is 9.93. The molecule has 0 aliphatic heterocycles. The highest BCUT2D eigenvalue weighted by Gasteiger charge is 2.25. The van der Waals surface area contributed by atoms with Crippen LogP contribution in [0, 0.1) is 6.92 Å². The summed E-state index contributed by atoms with van der Waals surface area (Å²) in [6, 6.07) is 2.97. The van der Waals surface area contributed by atoms with Crippen LogP contribution >= 0.6 is 23.2 Å². The van der Waals surface area contributed by atoms with E-state index in [-0.39, 0.29) is 17.0 Å². The summed E-state index contributed by atoms with van der Waals surface area (Å²) >= 11 is 12.0. The number of nitrogens with one attached hydrogen (secondary N) is 1. The molecule has 4 nitrogen and oxygen atoms in total. The Hall–Kier alpha value is -0.330. The number of benzene rings is 1. The predicted molar refractivity (Wildman–Crippen MR) is 81.8 cm³/mol. The number of halogens is 2. The Morgan fingerprint density at radius 2 is 1.65 bits per heavy atom. The maximum atomic E-state index is 12.3. The smallest absolute Gasteiger partial charge is 0.240 e. The lowest BCUT2D eigenvalue weighted by Crippen LogP contribution is -2.40. The van der Waals surface area contributed by atoms with Gasteiger partial charge in [-0.25, -0.2) is 13.1 Å². The zero-order chi connectivity index (χ0) is 14.9. The monoisotopic (exact) mass is 336 g/mol. The number of rotatable bonds is 3. The first-order valence-corrected chi connectivity index (χ1v) is 8.77. The molecule has 20 heavy (non-hydrogen) atoms. The lowest BCUT2D eigenvalue weighted by molar-refractivity contribution is 0.373. The fraction of sp³-hybridized carbons (Fsp3) is 0.538. The van der Waals surface area contributed by atoms with Gasteiger partial charge in [0.2, 0.25) is 10.0 Å². The first-order chi connectivity index (χ1) is 9.29. The van der Waals surface area contributed by atoms with Crippen LogP contribution in [0.15, 0.2) is 17.0 Å². The molecule has 0 spiro atoms. The molecule has 1 aliphatic rings. The third-order valence-electron chi connectivity index (χ3n) is 3.66. The van der Waals surface area contributed by atoms with E-state index >= 15 is 0 Å². The second-order valence-corrected chi connectivity index (χ2v) is 7.77. The molecule has 2 rings (SSSR count). The van der Waals surface area contributed by atoms with E-state index in [1.807, 2.05) is 0 Å². The van der Waals surface area contributed by atoms with E-state index in [0.29, 0.717) is 15.6 Å². The highest BCUT2D eigenvalue weighted by molar-refractivity contribution is 7.89. The van der Waals surface area contributed by atoms with Crippen molar-refractivity contribution in [2.45, 2.75) is 49.6 Å². The van der Waals surface area contributed by atoms with Gasteiger partial charge in [-0.3, -0.25) is 0 Å². The molecule has 0 saturated heterocycles. The Labute approximate surface area is 129 Å². The van der Waals surface area contributed by atoms with Crippen LogP contribution in [-0.2, 0) is 10.0 Å². The van der Waals surface area contributed by atoms with E-state index in [1.54, 1.807) is 6.92 Å². The van der Waals surface area contributed by atoms with Crippen molar-refractivity contribution >= 4 is 33.2 Å². The number of sulfonamides is 1. The fourth-order valence-corrected chi connectivity index (χ4v) is 4.27. The predicted octanol–water partition coefficient (Wildman–Crippen LogP) is 2.85. The van der Waals surface area contributed by atoms with Gasteiger partial charge in [0.05, 0.1) is 4.90 Å². The number of nitrogens with two attached hydrogens (primary N) is 1. The molecule has 1 aliphatic carbocycles. The Morgan fingerprint density at radius 1 is 1.15 bits per heavy atom. The molecule has 1 saturated carbocycles. The summed E-state index contributed by atoms with van der Waals surface area (Å²) in [5, 5.41) is 0.701. The van der Waals surface area contributed by atoms with Gasteiger partial charge in [0.25, 0.3) is 0 Å². The molecular weight excluding hydrogens is 319 g/mol. The zero-order valence-corrected chi connectivity index (χ0v) is 13.5. The third-order valence-corrected chi connectivity index (χ3v) is 5.94. The second-order valence-electron chi connectivity index (χ2n) is 5.24. The van der Waals surface area contributed by atoms with Crippen molar-refractivity contribution in [2.75, 3.05) is 0 Å². The van der Waals surface area contributed by atoms with Crippen molar-refractivity contribution in [3.05, 3.63) is 27.7 Å². The van der Waals surface area contributed by atoms with Crippen LogP contribution in [0.3, 0.4) is 0 Å². The van der Waals surface area contributed by atoms with Crippen LogP contribution in [0.2, 0.25) is 10.0 Å². The molecule has 0 bridgehead atoms. The van der Waals surface area contributed by atoms with Gasteiger partial charge in [-0.2, -0.15) is 0 Å². The fourth-order valence-electron chi connectivity index (χ4n) is 2.30. The molecule has 7 heteroatoms. The first kappa shape index (κ1) is 16.0. The summed E-state index contributed by atoms with van der Waals surface area (Å²) in [5.74, 6) is 0. The molecular formula is C13H18Cl2N2O2S. The van der Waals surface area contributed by atoms with E-state index in [0.717, 1.165) is 25.7 Å². The lowest BCUT2D eigenvalue weighted by Gasteiger charge is -2.26. The maximum Gasteiger partial charge on any atom is 0.240 e. The minimum atomic E-state index is -3.60. The number of hydrogen-bond acceptors (Lipinski definition) is 3. The van der Waals surface area contributed by atoms with Crippen LogP contribution in [-0.4, -0.2) is 20.5 Å². The third kappa shape index (κ3) is 3.65. The van der Waals surface area contributed by atoms with Crippen molar-refractivity contribution in [1.82, 2.24) is 4.72 Å². The van der Waals surface area contributed by atoms with Crippen LogP contribution in [0.4, 0.5) is 0 Å². The average Bonchev–Trinajstić information content (AvgIpc) is 2.38. The second kappa shape index (κ2) is 6.20. The van der Waals surface area contributed by atoms with Crippen molar-refractivity contribution in [3.63, 3.8) is 0 Å². The minimum absolute atomic E-state index is 0.0707.